The van der Waals surface area contributed by atoms with Crippen molar-refractivity contribution < 1.29 is 28.4 Å². The minimum absolute atomic E-state index is 0.0579. The van der Waals surface area contributed by atoms with Gasteiger partial charge in [0.15, 0.2) is 11.9 Å². The molecule has 4 N–H and O–H groups in total. The Morgan fingerprint density at radius 1 is 1.21 bits per heavy atom. The van der Waals surface area contributed by atoms with Gasteiger partial charge in [0.1, 0.15) is 11.7 Å². The van der Waals surface area contributed by atoms with Crippen molar-refractivity contribution in [1.29, 1.82) is 0 Å². The largest absolute Gasteiger partial charge is 0.396 e. The van der Waals surface area contributed by atoms with Gasteiger partial charge in [-0.25, -0.2) is 9.37 Å². The summed E-state index contributed by atoms with van der Waals surface area (Å²) in [6, 6.07) is 5.39. The van der Waals surface area contributed by atoms with Gasteiger partial charge in [0.05, 0.1) is 28.8 Å². The number of imide groups is 1. The van der Waals surface area contributed by atoms with E-state index in [1.165, 1.54) is 24.2 Å². The number of piperidine rings is 1. The zero-order valence-corrected chi connectivity index (χ0v) is 23.2. The summed E-state index contributed by atoms with van der Waals surface area (Å²) in [5.41, 5.74) is 6.37. The third-order valence-corrected chi connectivity index (χ3v) is 8.02. The fourth-order valence-corrected chi connectivity index (χ4v) is 5.65. The first-order valence-electron chi connectivity index (χ1n) is 13.9. The number of carbonyl (C=O) groups excluding carboxylic acids is 5. The lowest BCUT2D eigenvalue weighted by Crippen LogP contribution is -2.52. The lowest BCUT2D eigenvalue weighted by atomic mass is 10.0. The molecule has 4 heterocycles. The summed E-state index contributed by atoms with van der Waals surface area (Å²) in [5, 5.41) is 9.30. The molecule has 5 amide bonds. The van der Waals surface area contributed by atoms with E-state index in [4.69, 9.17) is 5.73 Å². The van der Waals surface area contributed by atoms with Crippen LogP contribution < -0.4 is 21.3 Å². The molecular weight excluding hydrogens is 559 g/mol. The van der Waals surface area contributed by atoms with E-state index in [1.54, 1.807) is 22.9 Å². The molecule has 0 bridgehead atoms. The quantitative estimate of drug-likeness (QED) is 0.330. The van der Waals surface area contributed by atoms with Gasteiger partial charge < -0.3 is 16.0 Å². The fraction of sp³-hybridized carbons (Fsp3) is 0.345. The molecule has 2 fully saturated rings. The highest BCUT2D eigenvalue weighted by atomic mass is 19.1. The molecule has 0 radical (unpaired) electrons. The summed E-state index contributed by atoms with van der Waals surface area (Å²) in [6.07, 6.45) is 4.62. The van der Waals surface area contributed by atoms with Gasteiger partial charge in [-0.05, 0) is 48.9 Å². The maximum Gasteiger partial charge on any atom is 0.278 e. The molecule has 1 aromatic carbocycles. The van der Waals surface area contributed by atoms with Gasteiger partial charge in [-0.15, -0.1) is 0 Å². The van der Waals surface area contributed by atoms with Crippen molar-refractivity contribution in [3.63, 3.8) is 0 Å². The smallest absolute Gasteiger partial charge is 0.278 e. The highest BCUT2D eigenvalue weighted by Crippen LogP contribution is 2.39. The third kappa shape index (κ3) is 5.08. The lowest BCUT2D eigenvalue weighted by molar-refractivity contribution is -0.137. The average molecular weight is 589 g/mol. The van der Waals surface area contributed by atoms with Crippen LogP contribution in [0.15, 0.2) is 42.7 Å². The number of aromatic nitrogens is 3. The Morgan fingerprint density at radius 2 is 2.00 bits per heavy atom. The molecule has 14 heteroatoms. The Morgan fingerprint density at radius 3 is 2.70 bits per heavy atom. The van der Waals surface area contributed by atoms with Gasteiger partial charge in [0.2, 0.25) is 17.7 Å². The maximum atomic E-state index is 14.3. The summed E-state index contributed by atoms with van der Waals surface area (Å²) in [4.78, 5) is 72.9. The number of pyridine rings is 1. The summed E-state index contributed by atoms with van der Waals surface area (Å²) in [5.74, 6) is -3.33. The molecule has 3 aliphatic rings. The molecule has 2 unspecified atom stereocenters. The van der Waals surface area contributed by atoms with Crippen molar-refractivity contribution in [2.24, 2.45) is 5.92 Å². The first-order valence-corrected chi connectivity index (χ1v) is 13.9. The van der Waals surface area contributed by atoms with Crippen LogP contribution in [-0.2, 0) is 27.5 Å². The normalized spacial score (nSPS) is 18.7. The van der Waals surface area contributed by atoms with Crippen molar-refractivity contribution in [1.82, 2.24) is 30.3 Å². The van der Waals surface area contributed by atoms with Gasteiger partial charge in [-0.1, -0.05) is 12.1 Å². The number of rotatable bonds is 8. The number of nitrogens with two attached hydrogens (primary N) is 1. The van der Waals surface area contributed by atoms with Crippen LogP contribution in [0, 0.1) is 11.7 Å². The van der Waals surface area contributed by atoms with E-state index < -0.39 is 47.4 Å². The van der Waals surface area contributed by atoms with E-state index in [9.17, 15) is 28.4 Å². The van der Waals surface area contributed by atoms with E-state index >= 15 is 0 Å². The van der Waals surface area contributed by atoms with Gasteiger partial charge in [0.25, 0.3) is 11.8 Å². The first kappa shape index (κ1) is 28.0. The van der Waals surface area contributed by atoms with Crippen molar-refractivity contribution in [3.05, 3.63) is 71.1 Å². The number of carbonyl (C=O) groups is 5. The van der Waals surface area contributed by atoms with Crippen LogP contribution in [0.3, 0.4) is 0 Å². The number of hydrogen-bond donors (Lipinski definition) is 3. The average Bonchev–Trinajstić information content (AvgIpc) is 3.59. The Labute approximate surface area is 245 Å². The molecule has 13 nitrogen and oxygen atoms in total. The number of hydrogen-bond acceptors (Lipinski definition) is 8. The molecule has 1 aliphatic carbocycles. The minimum atomic E-state index is -1.31. The second-order valence-electron chi connectivity index (χ2n) is 10.9. The Hall–Kier alpha value is -5.14. The zero-order chi connectivity index (χ0) is 30.4. The minimum Gasteiger partial charge on any atom is -0.396 e. The van der Waals surface area contributed by atoms with Gasteiger partial charge in [0, 0.05) is 32.8 Å². The predicted molar refractivity (Wildman–Crippen MR) is 150 cm³/mol. The second-order valence-corrected chi connectivity index (χ2v) is 10.9. The number of amides is 5. The van der Waals surface area contributed by atoms with Crippen LogP contribution in [0.4, 0.5) is 15.8 Å². The highest BCUT2D eigenvalue weighted by Gasteiger charge is 2.44. The molecular formula is C29H29FN8O5. The maximum absolute atomic E-state index is 14.3. The number of halogens is 1. The number of nitrogen functional groups attached to an aromatic ring is 1. The van der Waals surface area contributed by atoms with Crippen molar-refractivity contribution in [3.8, 4) is 0 Å². The second kappa shape index (κ2) is 10.9. The highest BCUT2D eigenvalue weighted by molar-refractivity contribution is 6.15. The molecule has 2 aromatic heterocycles. The molecule has 3 aromatic rings. The number of anilines is 2. The van der Waals surface area contributed by atoms with E-state index in [0.29, 0.717) is 23.7 Å². The molecule has 43 heavy (non-hydrogen) atoms. The zero-order valence-electron chi connectivity index (χ0n) is 23.2. The summed E-state index contributed by atoms with van der Waals surface area (Å²) < 4.78 is 15.7. The first-order chi connectivity index (χ1) is 20.7. The van der Waals surface area contributed by atoms with Crippen LogP contribution in [0.1, 0.15) is 63.8 Å². The Bertz CT molecular complexity index is 1670. The molecule has 1 saturated carbocycles. The third-order valence-electron chi connectivity index (χ3n) is 8.02. The number of fused-ring (bicyclic) bond motifs is 1. The van der Waals surface area contributed by atoms with Crippen LogP contribution in [-0.4, -0.2) is 62.3 Å². The predicted octanol–water partition coefficient (Wildman–Crippen LogP) is 1.30. The molecule has 0 spiro atoms. The van der Waals surface area contributed by atoms with Gasteiger partial charge in [-0.2, -0.15) is 5.10 Å². The van der Waals surface area contributed by atoms with E-state index in [-0.39, 0.29) is 42.0 Å². The molecule has 2 atom stereocenters. The summed E-state index contributed by atoms with van der Waals surface area (Å²) in [7, 11) is 1.43. The number of nitrogens with one attached hydrogen (secondary N) is 2. The topological polar surface area (TPSA) is 173 Å². The van der Waals surface area contributed by atoms with Crippen LogP contribution >= 0.6 is 0 Å². The van der Waals surface area contributed by atoms with E-state index in [0.717, 1.165) is 30.0 Å². The summed E-state index contributed by atoms with van der Waals surface area (Å²) in [6.45, 7) is 0.594. The van der Waals surface area contributed by atoms with Crippen LogP contribution in [0.2, 0.25) is 0 Å². The molecule has 6 rings (SSSR count). The number of benzene rings is 1. The number of likely N-dealkylation sites (N-methyl/N-ethyl adjacent to an activating group) is 1. The SMILES string of the molecule is CNC(=O)C(c1ccnn1CC1CC1)N(C(=O)c1cc(N)c(F)cn1)c1cccc2c1C(=O)N(C1CCC(=O)NC1=O)C2. The standard InChI is InChI=1S/C29H29FN8O5/c1-32-27(41)25(21-9-10-34-37(21)13-15-5-6-15)38(28(42)19-11-18(31)17(30)12-33-19)20-4-2-3-16-14-36(29(43)24(16)20)22-7-8-23(39)35-26(22)40/h2-4,9-12,15,22,25H,5-8,13-14H2,1H3,(H2,31,33)(H,32,41)(H,35,39,40). The van der Waals surface area contributed by atoms with Gasteiger partial charge >= 0.3 is 0 Å². The number of nitrogens with zero attached hydrogens (tertiary/aromatic N) is 5. The van der Waals surface area contributed by atoms with E-state index in [2.05, 4.69) is 20.7 Å². The van der Waals surface area contributed by atoms with Crippen LogP contribution in [0.25, 0.3) is 0 Å². The molecule has 222 valence electrons. The van der Waals surface area contributed by atoms with E-state index in [1.807, 2.05) is 0 Å². The Balaban J connectivity index is 1.49. The van der Waals surface area contributed by atoms with Crippen molar-refractivity contribution >= 4 is 40.9 Å². The van der Waals surface area contributed by atoms with Gasteiger partial charge in [-0.3, -0.25) is 38.9 Å². The monoisotopic (exact) mass is 588 g/mol. The molecule has 1 saturated heterocycles. The van der Waals surface area contributed by atoms with Crippen molar-refractivity contribution in [2.75, 3.05) is 17.7 Å². The lowest BCUT2D eigenvalue weighted by Gasteiger charge is -2.32. The fourth-order valence-electron chi connectivity index (χ4n) is 5.65. The molecule has 2 aliphatic heterocycles. The van der Waals surface area contributed by atoms with Crippen LogP contribution in [0.5, 0.6) is 0 Å². The summed E-state index contributed by atoms with van der Waals surface area (Å²) >= 11 is 0. The Kier molecular flexibility index (Phi) is 7.12. The van der Waals surface area contributed by atoms with Crippen molar-refractivity contribution in [2.45, 2.75) is 50.9 Å².